The zero-order chi connectivity index (χ0) is 26.5. The highest BCUT2D eigenvalue weighted by atomic mass is 16.1. The van der Waals surface area contributed by atoms with Gasteiger partial charge in [0.1, 0.15) is 0 Å². The van der Waals surface area contributed by atoms with Gasteiger partial charge in [-0.25, -0.2) is 4.98 Å². The summed E-state index contributed by atoms with van der Waals surface area (Å²) in [6.07, 6.45) is 3.71. The molecule has 0 saturated carbocycles. The molecule has 0 bridgehead atoms. The van der Waals surface area contributed by atoms with Crippen LogP contribution < -0.4 is 5.32 Å². The van der Waals surface area contributed by atoms with E-state index in [1.165, 1.54) is 6.92 Å². The number of nitrogens with one attached hydrogen (secondary N) is 1. The maximum atomic E-state index is 11.4. The summed E-state index contributed by atoms with van der Waals surface area (Å²) in [4.78, 5) is 18.0. The van der Waals surface area contributed by atoms with Crippen molar-refractivity contribution in [3.05, 3.63) is 120 Å². The number of aryl methyl sites for hydroxylation is 1. The standard InChI is InChI=1S/C32H29N5O/c1-23(38)35-28-14-11-24(12-15-28)19-37(21-29-18-34-22-36(29)2)20-25-10-13-27(17-33)32(16-25)31-9-5-7-26-6-3-4-8-30(26)31/h3-16,18,22H,19-21H2,1-2H3,(H,35,38). The molecule has 188 valence electrons. The van der Waals surface area contributed by atoms with Gasteiger partial charge < -0.3 is 9.88 Å². The van der Waals surface area contributed by atoms with Crippen LogP contribution in [0.3, 0.4) is 0 Å². The van der Waals surface area contributed by atoms with E-state index in [1.54, 1.807) is 0 Å². The first kappa shape index (κ1) is 24.9. The number of fused-ring (bicyclic) bond motifs is 1. The Bertz CT molecular complexity index is 1620. The van der Waals surface area contributed by atoms with Crippen LogP contribution in [-0.4, -0.2) is 20.4 Å². The number of aromatic nitrogens is 2. The van der Waals surface area contributed by atoms with Crippen LogP contribution in [0, 0.1) is 11.3 Å². The van der Waals surface area contributed by atoms with Gasteiger partial charge in [-0.3, -0.25) is 9.69 Å². The lowest BCUT2D eigenvalue weighted by Crippen LogP contribution is -2.23. The van der Waals surface area contributed by atoms with E-state index in [9.17, 15) is 10.1 Å². The van der Waals surface area contributed by atoms with Crippen molar-refractivity contribution in [3.63, 3.8) is 0 Å². The number of nitriles is 1. The lowest BCUT2D eigenvalue weighted by atomic mass is 9.93. The molecule has 1 N–H and O–H groups in total. The molecule has 1 aromatic heterocycles. The van der Waals surface area contributed by atoms with Gasteiger partial charge in [0, 0.05) is 51.1 Å². The van der Waals surface area contributed by atoms with Crippen LogP contribution in [0.2, 0.25) is 0 Å². The summed E-state index contributed by atoms with van der Waals surface area (Å²) in [5.41, 5.74) is 6.84. The van der Waals surface area contributed by atoms with Gasteiger partial charge in [0.2, 0.25) is 5.91 Å². The molecule has 0 aliphatic carbocycles. The largest absolute Gasteiger partial charge is 0.337 e. The van der Waals surface area contributed by atoms with E-state index in [4.69, 9.17) is 0 Å². The summed E-state index contributed by atoms with van der Waals surface area (Å²) in [5, 5.41) is 15.0. The number of anilines is 1. The summed E-state index contributed by atoms with van der Waals surface area (Å²) in [6.45, 7) is 3.64. The number of imidazole rings is 1. The van der Waals surface area contributed by atoms with Crippen molar-refractivity contribution < 1.29 is 4.79 Å². The number of carbonyl (C=O) groups is 1. The van der Waals surface area contributed by atoms with Crippen molar-refractivity contribution in [3.8, 4) is 17.2 Å². The topological polar surface area (TPSA) is 74.0 Å². The second kappa shape index (κ2) is 11.1. The Morgan fingerprint density at radius 2 is 1.66 bits per heavy atom. The molecule has 0 unspecified atom stereocenters. The zero-order valence-corrected chi connectivity index (χ0v) is 21.6. The minimum Gasteiger partial charge on any atom is -0.337 e. The second-order valence-corrected chi connectivity index (χ2v) is 9.54. The van der Waals surface area contributed by atoms with Crippen LogP contribution >= 0.6 is 0 Å². The van der Waals surface area contributed by atoms with Gasteiger partial charge >= 0.3 is 0 Å². The Labute approximate surface area is 222 Å². The quantitative estimate of drug-likeness (QED) is 0.273. The van der Waals surface area contributed by atoms with E-state index >= 15 is 0 Å². The van der Waals surface area contributed by atoms with Crippen molar-refractivity contribution in [2.24, 2.45) is 7.05 Å². The first-order chi connectivity index (χ1) is 18.5. The van der Waals surface area contributed by atoms with Gasteiger partial charge in [0.05, 0.1) is 23.7 Å². The molecule has 38 heavy (non-hydrogen) atoms. The molecule has 1 amide bonds. The number of nitrogens with zero attached hydrogens (tertiary/aromatic N) is 4. The Balaban J connectivity index is 1.47. The number of hydrogen-bond donors (Lipinski definition) is 1. The Morgan fingerprint density at radius 3 is 2.39 bits per heavy atom. The molecule has 0 spiro atoms. The molecule has 1 heterocycles. The molecule has 4 aromatic carbocycles. The second-order valence-electron chi connectivity index (χ2n) is 9.54. The van der Waals surface area contributed by atoms with E-state index in [0.29, 0.717) is 18.7 Å². The zero-order valence-electron chi connectivity index (χ0n) is 21.6. The molecule has 0 fully saturated rings. The molecule has 0 atom stereocenters. The highest BCUT2D eigenvalue weighted by Gasteiger charge is 2.14. The number of hydrogen-bond acceptors (Lipinski definition) is 4. The van der Waals surface area contributed by atoms with E-state index < -0.39 is 0 Å². The van der Waals surface area contributed by atoms with Gasteiger partial charge in [-0.05, 0) is 51.7 Å². The first-order valence-electron chi connectivity index (χ1n) is 12.6. The number of amides is 1. The van der Waals surface area contributed by atoms with Crippen molar-refractivity contribution >= 4 is 22.4 Å². The fourth-order valence-electron chi connectivity index (χ4n) is 4.82. The molecular weight excluding hydrogens is 470 g/mol. The van der Waals surface area contributed by atoms with Gasteiger partial charge in [-0.15, -0.1) is 0 Å². The van der Waals surface area contributed by atoms with Crippen LogP contribution in [0.15, 0.2) is 97.5 Å². The van der Waals surface area contributed by atoms with Gasteiger partial charge in [0.15, 0.2) is 0 Å². The minimum atomic E-state index is -0.0848. The third kappa shape index (κ3) is 5.64. The van der Waals surface area contributed by atoms with E-state index in [2.05, 4.69) is 51.6 Å². The molecule has 0 aliphatic rings. The van der Waals surface area contributed by atoms with E-state index in [-0.39, 0.29) is 5.91 Å². The highest BCUT2D eigenvalue weighted by molar-refractivity contribution is 5.97. The third-order valence-corrected chi connectivity index (χ3v) is 6.67. The summed E-state index contributed by atoms with van der Waals surface area (Å²) in [7, 11) is 2.00. The predicted molar refractivity (Wildman–Crippen MR) is 151 cm³/mol. The normalized spacial score (nSPS) is 11.0. The maximum Gasteiger partial charge on any atom is 0.221 e. The number of rotatable bonds is 8. The van der Waals surface area contributed by atoms with Crippen LogP contribution in [0.4, 0.5) is 5.69 Å². The van der Waals surface area contributed by atoms with Crippen LogP contribution in [0.1, 0.15) is 29.3 Å². The average molecular weight is 500 g/mol. The molecule has 0 radical (unpaired) electrons. The third-order valence-electron chi connectivity index (χ3n) is 6.67. The maximum absolute atomic E-state index is 11.4. The minimum absolute atomic E-state index is 0.0848. The van der Waals surface area contributed by atoms with E-state index in [1.807, 2.05) is 78.7 Å². The van der Waals surface area contributed by atoms with Crippen LogP contribution in [0.5, 0.6) is 0 Å². The van der Waals surface area contributed by atoms with Crippen molar-refractivity contribution in [1.82, 2.24) is 14.5 Å². The molecule has 6 heteroatoms. The Hall–Kier alpha value is -4.73. The first-order valence-corrected chi connectivity index (χ1v) is 12.6. The summed E-state index contributed by atoms with van der Waals surface area (Å²) in [5.74, 6) is -0.0848. The Kier molecular flexibility index (Phi) is 7.30. The number of carbonyl (C=O) groups excluding carboxylic acids is 1. The van der Waals surface area contributed by atoms with Crippen molar-refractivity contribution in [1.29, 1.82) is 5.26 Å². The summed E-state index contributed by atoms with van der Waals surface area (Å²) < 4.78 is 2.03. The lowest BCUT2D eigenvalue weighted by molar-refractivity contribution is -0.114. The monoisotopic (exact) mass is 499 g/mol. The average Bonchev–Trinajstić information content (AvgIpc) is 3.33. The highest BCUT2D eigenvalue weighted by Crippen LogP contribution is 2.32. The fourth-order valence-corrected chi connectivity index (χ4v) is 4.82. The SMILES string of the molecule is CC(=O)Nc1ccc(CN(Cc2ccc(C#N)c(-c3cccc4ccccc34)c2)Cc2cncn2C)cc1. The van der Waals surface area contributed by atoms with Gasteiger partial charge in [-0.2, -0.15) is 5.26 Å². The van der Waals surface area contributed by atoms with Crippen molar-refractivity contribution in [2.75, 3.05) is 5.32 Å². The van der Waals surface area contributed by atoms with Gasteiger partial charge in [-0.1, -0.05) is 60.7 Å². The molecule has 0 aliphatic heterocycles. The van der Waals surface area contributed by atoms with Crippen LogP contribution in [-0.2, 0) is 31.5 Å². The number of benzene rings is 4. The summed E-state index contributed by atoms with van der Waals surface area (Å²) in [6, 6.07) is 31.0. The lowest BCUT2D eigenvalue weighted by Gasteiger charge is -2.23. The van der Waals surface area contributed by atoms with Crippen molar-refractivity contribution in [2.45, 2.75) is 26.6 Å². The smallest absolute Gasteiger partial charge is 0.221 e. The molecule has 6 nitrogen and oxygen atoms in total. The molecule has 5 aromatic rings. The van der Waals surface area contributed by atoms with E-state index in [0.717, 1.165) is 51.0 Å². The predicted octanol–water partition coefficient (Wildman–Crippen LogP) is 6.27. The molecule has 5 rings (SSSR count). The summed E-state index contributed by atoms with van der Waals surface area (Å²) >= 11 is 0. The molecule has 0 saturated heterocycles. The fraction of sp³-hybridized carbons (Fsp3) is 0.156. The van der Waals surface area contributed by atoms with Crippen LogP contribution in [0.25, 0.3) is 21.9 Å². The van der Waals surface area contributed by atoms with Gasteiger partial charge in [0.25, 0.3) is 0 Å². The Morgan fingerprint density at radius 1 is 0.921 bits per heavy atom. The molecular formula is C32H29N5O.